The molecule has 3 nitrogen and oxygen atoms in total. The van der Waals surface area contributed by atoms with Gasteiger partial charge in [-0.3, -0.25) is 0 Å². The van der Waals surface area contributed by atoms with Gasteiger partial charge in [0.2, 0.25) is 6.79 Å². The van der Waals surface area contributed by atoms with Gasteiger partial charge in [0.25, 0.3) is 0 Å². The lowest BCUT2D eigenvalue weighted by Crippen LogP contribution is -2.20. The molecule has 4 unspecified atom stereocenters. The Morgan fingerprint density at radius 1 is 1.24 bits per heavy atom. The average Bonchev–Trinajstić information content (AvgIpc) is 2.90. The van der Waals surface area contributed by atoms with Crippen LogP contribution in [0.4, 0.5) is 0 Å². The van der Waals surface area contributed by atoms with Gasteiger partial charge in [-0.25, -0.2) is 0 Å². The van der Waals surface area contributed by atoms with E-state index in [2.05, 4.69) is 26.8 Å². The molecule has 0 N–H and O–H groups in total. The maximum absolute atomic E-state index is 6.24. The molecule has 0 saturated heterocycles. The summed E-state index contributed by atoms with van der Waals surface area (Å²) in [5, 5.41) is 0. The van der Waals surface area contributed by atoms with E-state index in [9.17, 15) is 0 Å². The van der Waals surface area contributed by atoms with E-state index in [1.54, 1.807) is 0 Å². The van der Waals surface area contributed by atoms with Crippen LogP contribution in [-0.2, 0) is 11.3 Å². The first-order valence-electron chi connectivity index (χ1n) is 8.10. The van der Waals surface area contributed by atoms with Crippen molar-refractivity contribution in [2.45, 2.75) is 46.3 Å². The standard InChI is InChI=1S/C18H24O3/c1-11(2)18-7-14(18)12(3)17(8-18)19-9-13-4-5-15-16(6-13)21-10-20-15/h4-6,11-12,14,17H,7-10H2,1-3H3. The van der Waals surface area contributed by atoms with E-state index in [1.807, 2.05) is 12.1 Å². The van der Waals surface area contributed by atoms with E-state index in [0.29, 0.717) is 30.8 Å². The largest absolute Gasteiger partial charge is 0.454 e. The van der Waals surface area contributed by atoms with Crippen LogP contribution in [0.15, 0.2) is 18.2 Å². The minimum atomic E-state index is 0.331. The summed E-state index contributed by atoms with van der Waals surface area (Å²) >= 11 is 0. The van der Waals surface area contributed by atoms with Gasteiger partial charge in [-0.2, -0.15) is 0 Å². The van der Waals surface area contributed by atoms with Crippen molar-refractivity contribution in [3.8, 4) is 11.5 Å². The SMILES string of the molecule is CC1C(OCc2ccc3c(c2)OCO3)CC2(C(C)C)CC12. The van der Waals surface area contributed by atoms with Crippen LogP contribution in [-0.4, -0.2) is 12.9 Å². The Balaban J connectivity index is 1.40. The highest BCUT2D eigenvalue weighted by Crippen LogP contribution is 2.70. The summed E-state index contributed by atoms with van der Waals surface area (Å²) in [5.41, 5.74) is 1.75. The smallest absolute Gasteiger partial charge is 0.231 e. The third-order valence-corrected chi connectivity index (χ3v) is 6.03. The lowest BCUT2D eigenvalue weighted by Gasteiger charge is -2.22. The highest BCUT2D eigenvalue weighted by molar-refractivity contribution is 5.44. The fourth-order valence-electron chi connectivity index (χ4n) is 4.46. The van der Waals surface area contributed by atoms with Crippen LogP contribution in [0.3, 0.4) is 0 Å². The van der Waals surface area contributed by atoms with Crippen LogP contribution < -0.4 is 9.47 Å². The van der Waals surface area contributed by atoms with Gasteiger partial charge < -0.3 is 14.2 Å². The summed E-state index contributed by atoms with van der Waals surface area (Å²) in [6.45, 7) is 8.11. The van der Waals surface area contributed by atoms with E-state index in [4.69, 9.17) is 14.2 Å². The van der Waals surface area contributed by atoms with Gasteiger partial charge in [-0.1, -0.05) is 26.8 Å². The van der Waals surface area contributed by atoms with Gasteiger partial charge in [0.15, 0.2) is 11.5 Å². The van der Waals surface area contributed by atoms with Crippen molar-refractivity contribution in [1.82, 2.24) is 0 Å². The highest BCUT2D eigenvalue weighted by Gasteiger charge is 2.65. The van der Waals surface area contributed by atoms with Gasteiger partial charge in [0.05, 0.1) is 12.7 Å². The van der Waals surface area contributed by atoms with Crippen molar-refractivity contribution >= 4 is 0 Å². The maximum atomic E-state index is 6.24. The van der Waals surface area contributed by atoms with Gasteiger partial charge in [0.1, 0.15) is 0 Å². The Hall–Kier alpha value is -1.22. The topological polar surface area (TPSA) is 27.7 Å². The maximum Gasteiger partial charge on any atom is 0.231 e. The van der Waals surface area contributed by atoms with Crippen molar-refractivity contribution in [2.24, 2.45) is 23.2 Å². The number of hydrogen-bond donors (Lipinski definition) is 0. The Labute approximate surface area is 126 Å². The summed E-state index contributed by atoms with van der Waals surface area (Å²) in [7, 11) is 0. The van der Waals surface area contributed by atoms with Crippen LogP contribution >= 0.6 is 0 Å². The van der Waals surface area contributed by atoms with Crippen molar-refractivity contribution in [3.05, 3.63) is 23.8 Å². The fourth-order valence-corrected chi connectivity index (χ4v) is 4.46. The predicted molar refractivity (Wildman–Crippen MR) is 80.3 cm³/mol. The highest BCUT2D eigenvalue weighted by atomic mass is 16.7. The lowest BCUT2D eigenvalue weighted by molar-refractivity contribution is 0.00523. The summed E-state index contributed by atoms with van der Waals surface area (Å²) in [4.78, 5) is 0. The van der Waals surface area contributed by atoms with E-state index in [1.165, 1.54) is 18.4 Å². The van der Waals surface area contributed by atoms with Crippen LogP contribution in [0.2, 0.25) is 0 Å². The number of hydrogen-bond acceptors (Lipinski definition) is 3. The Morgan fingerprint density at radius 3 is 2.81 bits per heavy atom. The molecule has 0 amide bonds. The van der Waals surface area contributed by atoms with Crippen molar-refractivity contribution < 1.29 is 14.2 Å². The molecular formula is C18H24O3. The van der Waals surface area contributed by atoms with Crippen LogP contribution in [0.25, 0.3) is 0 Å². The molecule has 4 atom stereocenters. The van der Waals surface area contributed by atoms with Gasteiger partial charge >= 0.3 is 0 Å². The molecular weight excluding hydrogens is 264 g/mol. The minimum absolute atomic E-state index is 0.331. The number of rotatable bonds is 4. The van der Waals surface area contributed by atoms with Crippen molar-refractivity contribution in [1.29, 1.82) is 0 Å². The molecule has 4 rings (SSSR count). The second kappa shape index (κ2) is 4.64. The van der Waals surface area contributed by atoms with Crippen LogP contribution in [0, 0.1) is 23.2 Å². The Kier molecular flexibility index (Phi) is 2.97. The van der Waals surface area contributed by atoms with Crippen molar-refractivity contribution in [2.75, 3.05) is 6.79 Å². The van der Waals surface area contributed by atoms with E-state index >= 15 is 0 Å². The molecule has 1 aromatic carbocycles. The molecule has 114 valence electrons. The lowest BCUT2D eigenvalue weighted by atomic mass is 9.89. The van der Waals surface area contributed by atoms with E-state index < -0.39 is 0 Å². The summed E-state index contributed by atoms with van der Waals surface area (Å²) < 4.78 is 17.0. The zero-order valence-electron chi connectivity index (χ0n) is 13.1. The van der Waals surface area contributed by atoms with Gasteiger partial charge in [-0.05, 0) is 53.7 Å². The monoisotopic (exact) mass is 288 g/mol. The number of benzene rings is 1. The minimum Gasteiger partial charge on any atom is -0.454 e. The molecule has 21 heavy (non-hydrogen) atoms. The van der Waals surface area contributed by atoms with Gasteiger partial charge in [0, 0.05) is 0 Å². The van der Waals surface area contributed by atoms with Crippen LogP contribution in [0.1, 0.15) is 39.2 Å². The zero-order valence-corrected chi connectivity index (χ0v) is 13.1. The summed E-state index contributed by atoms with van der Waals surface area (Å²) in [6.07, 6.45) is 3.06. The first kappa shape index (κ1) is 13.4. The number of ether oxygens (including phenoxy) is 3. The molecule has 0 bridgehead atoms. The normalized spacial score (nSPS) is 36.1. The summed E-state index contributed by atoms with van der Waals surface area (Å²) in [5.74, 6) is 4.05. The number of fused-ring (bicyclic) bond motifs is 2. The van der Waals surface area contributed by atoms with Crippen molar-refractivity contribution in [3.63, 3.8) is 0 Å². The Morgan fingerprint density at radius 2 is 2.05 bits per heavy atom. The first-order chi connectivity index (χ1) is 10.1. The van der Waals surface area contributed by atoms with E-state index in [-0.39, 0.29) is 0 Å². The molecule has 0 spiro atoms. The summed E-state index contributed by atoms with van der Waals surface area (Å²) in [6, 6.07) is 6.10. The quantitative estimate of drug-likeness (QED) is 0.838. The molecule has 0 radical (unpaired) electrons. The predicted octanol–water partition coefficient (Wildman–Crippen LogP) is 4.00. The first-order valence-corrected chi connectivity index (χ1v) is 8.10. The fraction of sp³-hybridized carbons (Fsp3) is 0.667. The molecule has 1 aromatic rings. The molecule has 2 aliphatic carbocycles. The second-order valence-corrected chi connectivity index (χ2v) is 7.30. The molecule has 2 fully saturated rings. The van der Waals surface area contributed by atoms with Gasteiger partial charge in [-0.15, -0.1) is 0 Å². The molecule has 1 aliphatic heterocycles. The molecule has 3 aliphatic rings. The van der Waals surface area contributed by atoms with E-state index in [0.717, 1.165) is 23.3 Å². The third-order valence-electron chi connectivity index (χ3n) is 6.03. The molecule has 3 heteroatoms. The average molecular weight is 288 g/mol. The third kappa shape index (κ3) is 2.05. The van der Waals surface area contributed by atoms with Crippen LogP contribution in [0.5, 0.6) is 11.5 Å². The Bertz CT molecular complexity index is 553. The molecule has 0 aromatic heterocycles. The second-order valence-electron chi connectivity index (χ2n) is 7.30. The molecule has 1 heterocycles. The molecule has 2 saturated carbocycles. The zero-order chi connectivity index (χ0) is 14.6.